The zero-order chi connectivity index (χ0) is 20.1. The molecular formula is C19H16F3N5O. The zero-order valence-electron chi connectivity index (χ0n) is 14.9. The van der Waals surface area contributed by atoms with Crippen molar-refractivity contribution in [2.45, 2.75) is 38.4 Å². The summed E-state index contributed by atoms with van der Waals surface area (Å²) in [5.41, 5.74) is -0.396. The quantitative estimate of drug-likeness (QED) is 0.741. The summed E-state index contributed by atoms with van der Waals surface area (Å²) >= 11 is 0. The van der Waals surface area contributed by atoms with Crippen LogP contribution < -0.4 is 5.56 Å². The number of fused-ring (bicyclic) bond motifs is 1. The maximum atomic E-state index is 12.8. The summed E-state index contributed by atoms with van der Waals surface area (Å²) < 4.78 is 39.8. The van der Waals surface area contributed by atoms with Crippen LogP contribution in [0.5, 0.6) is 0 Å². The molecule has 1 aliphatic rings. The van der Waals surface area contributed by atoms with Gasteiger partial charge in [-0.05, 0) is 43.4 Å². The molecule has 1 N–H and O–H groups in total. The molecule has 0 amide bonds. The van der Waals surface area contributed by atoms with Gasteiger partial charge in [0.25, 0.3) is 5.56 Å². The van der Waals surface area contributed by atoms with Crippen LogP contribution in [0.25, 0.3) is 11.0 Å². The predicted octanol–water partition coefficient (Wildman–Crippen LogP) is 3.57. The van der Waals surface area contributed by atoms with Gasteiger partial charge in [-0.25, -0.2) is 9.67 Å². The Labute approximate surface area is 157 Å². The van der Waals surface area contributed by atoms with Gasteiger partial charge in [-0.1, -0.05) is 12.1 Å². The van der Waals surface area contributed by atoms with Gasteiger partial charge in [0.1, 0.15) is 17.3 Å². The molecule has 4 rings (SSSR count). The summed E-state index contributed by atoms with van der Waals surface area (Å²) in [6.45, 7) is 1.74. The van der Waals surface area contributed by atoms with Crippen LogP contribution in [0, 0.1) is 17.2 Å². The van der Waals surface area contributed by atoms with Gasteiger partial charge in [-0.15, -0.1) is 0 Å². The molecule has 0 bridgehead atoms. The Hall–Kier alpha value is -3.15. The lowest BCUT2D eigenvalue weighted by Crippen LogP contribution is -2.15. The van der Waals surface area contributed by atoms with E-state index in [2.05, 4.69) is 15.1 Å². The molecule has 3 aromatic rings. The first-order valence-corrected chi connectivity index (χ1v) is 8.86. The Morgan fingerprint density at radius 1 is 1.32 bits per heavy atom. The van der Waals surface area contributed by atoms with E-state index in [1.54, 1.807) is 6.92 Å². The Morgan fingerprint density at radius 3 is 2.57 bits per heavy atom. The molecule has 0 radical (unpaired) electrons. The van der Waals surface area contributed by atoms with E-state index in [0.29, 0.717) is 23.7 Å². The number of alkyl halides is 3. The predicted molar refractivity (Wildman–Crippen MR) is 94.5 cm³/mol. The second-order valence-corrected chi connectivity index (χ2v) is 7.06. The normalized spacial score (nSPS) is 15.5. The highest BCUT2D eigenvalue weighted by molar-refractivity contribution is 5.80. The number of hydrogen-bond donors (Lipinski definition) is 1. The summed E-state index contributed by atoms with van der Waals surface area (Å²) in [5.74, 6) is 1.03. The number of halogens is 3. The van der Waals surface area contributed by atoms with E-state index in [-0.39, 0.29) is 16.7 Å². The van der Waals surface area contributed by atoms with E-state index in [1.807, 2.05) is 6.07 Å². The fourth-order valence-electron chi connectivity index (χ4n) is 3.22. The minimum absolute atomic E-state index is 0.0551. The fraction of sp³-hybridized carbons (Fsp3) is 0.368. The number of benzene rings is 1. The number of nitrogens with one attached hydrogen (secondary N) is 1. The molecule has 1 atom stereocenters. The number of aromatic amines is 1. The van der Waals surface area contributed by atoms with Crippen molar-refractivity contribution in [3.8, 4) is 6.07 Å². The molecule has 1 unspecified atom stereocenters. The third-order valence-corrected chi connectivity index (χ3v) is 4.98. The topological polar surface area (TPSA) is 87.4 Å². The molecule has 2 aromatic heterocycles. The van der Waals surface area contributed by atoms with Crippen LogP contribution in [-0.2, 0) is 12.6 Å². The lowest BCUT2D eigenvalue weighted by Gasteiger charge is -2.15. The Balaban J connectivity index is 1.79. The van der Waals surface area contributed by atoms with Crippen LogP contribution in [0.15, 0.2) is 29.1 Å². The fourth-order valence-corrected chi connectivity index (χ4v) is 3.22. The molecule has 1 aliphatic carbocycles. The zero-order valence-corrected chi connectivity index (χ0v) is 14.9. The SMILES string of the molecule is CC(c1ccc(C(F)(F)F)cc1)n1nc(C#N)c2c(=O)[nH]c(CC3CC3)nc21. The van der Waals surface area contributed by atoms with E-state index >= 15 is 0 Å². The van der Waals surface area contributed by atoms with Gasteiger partial charge in [0.2, 0.25) is 0 Å². The molecule has 28 heavy (non-hydrogen) atoms. The van der Waals surface area contributed by atoms with Gasteiger partial charge in [-0.2, -0.15) is 23.5 Å². The number of nitrogens with zero attached hydrogens (tertiary/aromatic N) is 4. The number of hydrogen-bond acceptors (Lipinski definition) is 4. The van der Waals surface area contributed by atoms with Crippen LogP contribution in [-0.4, -0.2) is 19.7 Å². The Kier molecular flexibility index (Phi) is 4.22. The van der Waals surface area contributed by atoms with Gasteiger partial charge in [0, 0.05) is 6.42 Å². The Bertz CT molecular complexity index is 1130. The maximum Gasteiger partial charge on any atom is 0.416 e. The lowest BCUT2D eigenvalue weighted by atomic mass is 10.1. The first-order chi connectivity index (χ1) is 13.3. The van der Waals surface area contributed by atoms with E-state index < -0.39 is 23.3 Å². The third kappa shape index (κ3) is 3.26. The molecule has 144 valence electrons. The standard InChI is InChI=1S/C19H16F3N5O/c1-10(12-4-6-13(7-5-12)19(20,21)22)27-17-16(14(9-23)26-27)18(28)25-15(24-17)8-11-2-3-11/h4-7,10-11H,2-3,8H2,1H3,(H,24,25,28). The van der Waals surface area contributed by atoms with Gasteiger partial charge in [0.15, 0.2) is 11.3 Å². The van der Waals surface area contributed by atoms with Crippen molar-refractivity contribution in [2.24, 2.45) is 5.92 Å². The molecule has 6 nitrogen and oxygen atoms in total. The first kappa shape index (κ1) is 18.2. The van der Waals surface area contributed by atoms with E-state index in [0.717, 1.165) is 25.0 Å². The Morgan fingerprint density at radius 2 is 2.00 bits per heavy atom. The second kappa shape index (κ2) is 6.48. The number of H-pyrrole nitrogens is 1. The first-order valence-electron chi connectivity index (χ1n) is 8.86. The highest BCUT2D eigenvalue weighted by Crippen LogP contribution is 2.33. The molecule has 1 saturated carbocycles. The minimum Gasteiger partial charge on any atom is -0.310 e. The average Bonchev–Trinajstić information content (AvgIpc) is 3.38. The van der Waals surface area contributed by atoms with Crippen molar-refractivity contribution in [1.29, 1.82) is 5.26 Å². The number of rotatable bonds is 4. The molecule has 1 aromatic carbocycles. The molecule has 0 saturated heterocycles. The van der Waals surface area contributed by atoms with Crippen molar-refractivity contribution >= 4 is 11.0 Å². The smallest absolute Gasteiger partial charge is 0.310 e. The van der Waals surface area contributed by atoms with Gasteiger partial charge in [-0.3, -0.25) is 4.79 Å². The van der Waals surface area contributed by atoms with Crippen molar-refractivity contribution in [3.05, 3.63) is 57.3 Å². The van der Waals surface area contributed by atoms with Gasteiger partial charge in [0.05, 0.1) is 11.6 Å². The monoisotopic (exact) mass is 387 g/mol. The molecule has 0 aliphatic heterocycles. The third-order valence-electron chi connectivity index (χ3n) is 4.98. The van der Waals surface area contributed by atoms with Crippen molar-refractivity contribution in [3.63, 3.8) is 0 Å². The van der Waals surface area contributed by atoms with Crippen LogP contribution in [0.3, 0.4) is 0 Å². The molecule has 2 heterocycles. The summed E-state index contributed by atoms with van der Waals surface area (Å²) in [7, 11) is 0. The molecule has 9 heteroatoms. The van der Waals surface area contributed by atoms with Crippen molar-refractivity contribution in [1.82, 2.24) is 19.7 Å². The highest BCUT2D eigenvalue weighted by Gasteiger charge is 2.30. The largest absolute Gasteiger partial charge is 0.416 e. The number of aromatic nitrogens is 4. The van der Waals surface area contributed by atoms with Crippen LogP contribution in [0.4, 0.5) is 13.2 Å². The summed E-state index contributed by atoms with van der Waals surface area (Å²) in [4.78, 5) is 19.7. The average molecular weight is 387 g/mol. The summed E-state index contributed by atoms with van der Waals surface area (Å²) in [6.07, 6.45) is -1.59. The minimum atomic E-state index is -4.42. The maximum absolute atomic E-state index is 12.8. The van der Waals surface area contributed by atoms with E-state index in [1.165, 1.54) is 16.8 Å². The van der Waals surface area contributed by atoms with Crippen molar-refractivity contribution < 1.29 is 13.2 Å². The van der Waals surface area contributed by atoms with Crippen LogP contribution in [0.1, 0.15) is 48.5 Å². The van der Waals surface area contributed by atoms with Crippen LogP contribution in [0.2, 0.25) is 0 Å². The van der Waals surface area contributed by atoms with E-state index in [9.17, 15) is 23.2 Å². The molecular weight excluding hydrogens is 371 g/mol. The lowest BCUT2D eigenvalue weighted by molar-refractivity contribution is -0.137. The van der Waals surface area contributed by atoms with Gasteiger partial charge >= 0.3 is 6.18 Å². The number of nitriles is 1. The second-order valence-electron chi connectivity index (χ2n) is 7.06. The highest BCUT2D eigenvalue weighted by atomic mass is 19.4. The van der Waals surface area contributed by atoms with Gasteiger partial charge < -0.3 is 4.98 Å². The summed E-state index contributed by atoms with van der Waals surface area (Å²) in [6, 6.07) is 6.13. The van der Waals surface area contributed by atoms with Crippen molar-refractivity contribution in [2.75, 3.05) is 0 Å². The van der Waals surface area contributed by atoms with Crippen LogP contribution >= 0.6 is 0 Å². The molecule has 1 fully saturated rings. The molecule has 0 spiro atoms. The van der Waals surface area contributed by atoms with E-state index in [4.69, 9.17) is 0 Å². The summed E-state index contributed by atoms with van der Waals surface area (Å²) in [5, 5.41) is 13.6.